The SMILES string of the molecule is CCc1cc2c(CN3CCN(C(=O)c4cc5ccccc5[nH]4)CC3)cc(=O)oc2cc1O. The van der Waals surface area contributed by atoms with E-state index in [1.807, 2.05) is 48.2 Å². The van der Waals surface area contributed by atoms with E-state index in [0.29, 0.717) is 50.4 Å². The van der Waals surface area contributed by atoms with Crippen molar-refractivity contribution in [2.45, 2.75) is 19.9 Å². The molecule has 7 heteroatoms. The van der Waals surface area contributed by atoms with Crippen LogP contribution in [-0.2, 0) is 13.0 Å². The highest BCUT2D eigenvalue weighted by molar-refractivity contribution is 5.98. The standard InChI is InChI=1S/C25H25N3O4/c1-2-16-11-19-18(13-24(30)32-23(19)14-22(16)29)15-27-7-9-28(10-8-27)25(31)21-12-17-5-3-4-6-20(17)26-21/h3-6,11-14,26,29H,2,7-10,15H2,1H3. The van der Waals surface area contributed by atoms with E-state index in [4.69, 9.17) is 4.42 Å². The first-order valence-corrected chi connectivity index (χ1v) is 10.9. The summed E-state index contributed by atoms with van der Waals surface area (Å²) in [4.78, 5) is 32.3. The van der Waals surface area contributed by atoms with Gasteiger partial charge in [-0.3, -0.25) is 9.69 Å². The van der Waals surface area contributed by atoms with Crippen LogP contribution >= 0.6 is 0 Å². The lowest BCUT2D eigenvalue weighted by Gasteiger charge is -2.34. The minimum absolute atomic E-state index is 0.00900. The molecular formula is C25H25N3O4. The predicted molar refractivity (Wildman–Crippen MR) is 123 cm³/mol. The van der Waals surface area contributed by atoms with Crippen molar-refractivity contribution in [1.29, 1.82) is 0 Å². The number of benzene rings is 2. The number of para-hydroxylation sites is 1. The van der Waals surface area contributed by atoms with Crippen molar-refractivity contribution in [1.82, 2.24) is 14.8 Å². The lowest BCUT2D eigenvalue weighted by Crippen LogP contribution is -2.48. The van der Waals surface area contributed by atoms with Gasteiger partial charge in [-0.1, -0.05) is 25.1 Å². The third kappa shape index (κ3) is 3.76. The number of aromatic nitrogens is 1. The second-order valence-electron chi connectivity index (χ2n) is 8.26. The number of aromatic hydroxyl groups is 1. The molecule has 0 radical (unpaired) electrons. The molecular weight excluding hydrogens is 406 g/mol. The number of carbonyl (C=O) groups excluding carboxylic acids is 1. The maximum atomic E-state index is 13.0. The monoisotopic (exact) mass is 431 g/mol. The van der Waals surface area contributed by atoms with Crippen molar-refractivity contribution in [3.63, 3.8) is 0 Å². The number of nitrogens with zero attached hydrogens (tertiary/aromatic N) is 2. The van der Waals surface area contributed by atoms with Gasteiger partial charge in [-0.15, -0.1) is 0 Å². The number of H-pyrrole nitrogens is 1. The number of phenols is 1. The number of hydrogen-bond acceptors (Lipinski definition) is 5. The average Bonchev–Trinajstić information content (AvgIpc) is 3.23. The zero-order chi connectivity index (χ0) is 22.2. The molecule has 32 heavy (non-hydrogen) atoms. The van der Waals surface area contributed by atoms with Gasteiger partial charge in [0.15, 0.2) is 0 Å². The van der Waals surface area contributed by atoms with E-state index >= 15 is 0 Å². The van der Waals surface area contributed by atoms with Crippen LogP contribution in [0.1, 0.15) is 28.5 Å². The number of rotatable bonds is 4. The van der Waals surface area contributed by atoms with Gasteiger partial charge in [-0.2, -0.15) is 0 Å². The van der Waals surface area contributed by atoms with Crippen LogP contribution in [0.5, 0.6) is 5.75 Å². The molecule has 3 heterocycles. The third-order valence-corrected chi connectivity index (χ3v) is 6.22. The number of piperazine rings is 1. The van der Waals surface area contributed by atoms with E-state index in [9.17, 15) is 14.7 Å². The van der Waals surface area contributed by atoms with Crippen LogP contribution in [0.4, 0.5) is 0 Å². The maximum absolute atomic E-state index is 13.0. The molecule has 0 saturated carbocycles. The first-order chi connectivity index (χ1) is 15.5. The summed E-state index contributed by atoms with van der Waals surface area (Å²) in [5.74, 6) is 0.152. The fraction of sp³-hybridized carbons (Fsp3) is 0.280. The normalized spacial score (nSPS) is 15.0. The smallest absolute Gasteiger partial charge is 0.336 e. The number of carbonyl (C=O) groups is 1. The van der Waals surface area contributed by atoms with Crippen LogP contribution in [0.25, 0.3) is 21.9 Å². The van der Waals surface area contributed by atoms with Gasteiger partial charge >= 0.3 is 5.63 Å². The molecule has 2 aromatic carbocycles. The molecule has 1 aliphatic rings. The van der Waals surface area contributed by atoms with Gasteiger partial charge in [0.1, 0.15) is 17.0 Å². The topological polar surface area (TPSA) is 89.8 Å². The first-order valence-electron chi connectivity index (χ1n) is 10.9. The highest BCUT2D eigenvalue weighted by atomic mass is 16.4. The Morgan fingerprint density at radius 2 is 1.84 bits per heavy atom. The Morgan fingerprint density at radius 1 is 1.06 bits per heavy atom. The number of fused-ring (bicyclic) bond motifs is 2. The summed E-state index contributed by atoms with van der Waals surface area (Å²) in [6.45, 7) is 5.23. The molecule has 0 aliphatic carbocycles. The average molecular weight is 431 g/mol. The Morgan fingerprint density at radius 3 is 2.59 bits per heavy atom. The molecule has 0 bridgehead atoms. The summed E-state index contributed by atoms with van der Waals surface area (Å²) in [5.41, 5.74) is 3.24. The first kappa shape index (κ1) is 20.3. The van der Waals surface area contributed by atoms with Crippen molar-refractivity contribution in [3.05, 3.63) is 75.8 Å². The van der Waals surface area contributed by atoms with E-state index in [1.54, 1.807) is 0 Å². The molecule has 1 amide bonds. The van der Waals surface area contributed by atoms with Crippen molar-refractivity contribution >= 4 is 27.8 Å². The number of amides is 1. The van der Waals surface area contributed by atoms with E-state index in [2.05, 4.69) is 9.88 Å². The van der Waals surface area contributed by atoms with Crippen LogP contribution in [0, 0.1) is 0 Å². The molecule has 2 N–H and O–H groups in total. The minimum Gasteiger partial charge on any atom is -0.508 e. The summed E-state index contributed by atoms with van der Waals surface area (Å²) in [6.07, 6.45) is 0.689. The van der Waals surface area contributed by atoms with Crippen LogP contribution in [-0.4, -0.2) is 52.0 Å². The van der Waals surface area contributed by atoms with Gasteiger partial charge in [0.2, 0.25) is 0 Å². The molecule has 7 nitrogen and oxygen atoms in total. The molecule has 2 aromatic heterocycles. The van der Waals surface area contributed by atoms with Crippen molar-refractivity contribution < 1.29 is 14.3 Å². The van der Waals surface area contributed by atoms with Crippen LogP contribution in [0.2, 0.25) is 0 Å². The molecule has 0 unspecified atom stereocenters. The van der Waals surface area contributed by atoms with Gasteiger partial charge in [0.25, 0.3) is 5.91 Å². The zero-order valence-corrected chi connectivity index (χ0v) is 17.9. The Kier molecular flexibility index (Phi) is 5.19. The van der Waals surface area contributed by atoms with E-state index in [0.717, 1.165) is 27.4 Å². The summed E-state index contributed by atoms with van der Waals surface area (Å²) in [6, 6.07) is 14.7. The second kappa shape index (κ2) is 8.16. The van der Waals surface area contributed by atoms with Crippen LogP contribution in [0.3, 0.4) is 0 Å². The quantitative estimate of drug-likeness (QED) is 0.483. The van der Waals surface area contributed by atoms with Gasteiger partial charge < -0.3 is 19.4 Å². The Hall–Kier alpha value is -3.58. The number of phenolic OH excluding ortho intramolecular Hbond substituents is 1. The van der Waals surface area contributed by atoms with Crippen molar-refractivity contribution in [2.75, 3.05) is 26.2 Å². The zero-order valence-electron chi connectivity index (χ0n) is 17.9. The number of aryl methyl sites for hydroxylation is 1. The lowest BCUT2D eigenvalue weighted by molar-refractivity contribution is 0.0624. The Balaban J connectivity index is 1.31. The van der Waals surface area contributed by atoms with Gasteiger partial charge in [-0.05, 0) is 35.7 Å². The maximum Gasteiger partial charge on any atom is 0.336 e. The van der Waals surface area contributed by atoms with Crippen LogP contribution in [0.15, 0.2) is 57.7 Å². The van der Waals surface area contributed by atoms with Crippen molar-refractivity contribution in [2.24, 2.45) is 0 Å². The van der Waals surface area contributed by atoms with Crippen molar-refractivity contribution in [3.8, 4) is 5.75 Å². The summed E-state index contributed by atoms with van der Waals surface area (Å²) >= 11 is 0. The number of nitrogens with one attached hydrogen (secondary N) is 1. The number of aromatic amines is 1. The molecule has 164 valence electrons. The number of hydrogen-bond donors (Lipinski definition) is 2. The fourth-order valence-electron chi connectivity index (χ4n) is 4.43. The Labute approximate surface area is 184 Å². The largest absolute Gasteiger partial charge is 0.508 e. The Bertz CT molecular complexity index is 1330. The highest BCUT2D eigenvalue weighted by Gasteiger charge is 2.24. The minimum atomic E-state index is -0.427. The summed E-state index contributed by atoms with van der Waals surface area (Å²) < 4.78 is 5.30. The molecule has 5 rings (SSSR count). The molecule has 1 saturated heterocycles. The predicted octanol–water partition coefficient (Wildman–Crippen LogP) is 3.50. The van der Waals surface area contributed by atoms with Gasteiger partial charge in [-0.25, -0.2) is 4.79 Å². The van der Waals surface area contributed by atoms with Crippen LogP contribution < -0.4 is 5.63 Å². The molecule has 1 aliphatic heterocycles. The highest BCUT2D eigenvalue weighted by Crippen LogP contribution is 2.28. The van der Waals surface area contributed by atoms with E-state index in [-0.39, 0.29) is 11.7 Å². The van der Waals surface area contributed by atoms with Gasteiger partial charge in [0.05, 0.1) is 0 Å². The van der Waals surface area contributed by atoms with Gasteiger partial charge in [0, 0.05) is 61.1 Å². The van der Waals surface area contributed by atoms with E-state index < -0.39 is 5.63 Å². The fourth-order valence-corrected chi connectivity index (χ4v) is 4.43. The molecule has 0 spiro atoms. The molecule has 4 aromatic rings. The summed E-state index contributed by atoms with van der Waals surface area (Å²) in [5, 5.41) is 12.0. The summed E-state index contributed by atoms with van der Waals surface area (Å²) in [7, 11) is 0. The molecule has 1 fully saturated rings. The lowest BCUT2D eigenvalue weighted by atomic mass is 10.0. The second-order valence-corrected chi connectivity index (χ2v) is 8.26. The molecule has 0 atom stereocenters. The van der Waals surface area contributed by atoms with E-state index in [1.165, 1.54) is 12.1 Å². The third-order valence-electron chi connectivity index (χ3n) is 6.22.